The van der Waals surface area contributed by atoms with Crippen molar-refractivity contribution in [1.29, 1.82) is 0 Å². The first-order valence-corrected chi connectivity index (χ1v) is 4.58. The summed E-state index contributed by atoms with van der Waals surface area (Å²) < 4.78 is 24.3. The molecule has 0 saturated carbocycles. The van der Waals surface area contributed by atoms with Gasteiger partial charge in [0.15, 0.2) is 0 Å². The number of hydrogen-bond acceptors (Lipinski definition) is 5. The quantitative estimate of drug-likeness (QED) is 0.453. The highest BCUT2D eigenvalue weighted by Gasteiger charge is 2.05. The molecule has 7 heteroatoms. The number of benzene rings is 1. The zero-order valence-electron chi connectivity index (χ0n) is 6.82. The van der Waals surface area contributed by atoms with Crippen molar-refractivity contribution >= 4 is 16.7 Å². The largest absolute Gasteiger partial charge is 0.269 e. The summed E-state index contributed by atoms with van der Waals surface area (Å²) in [6.45, 7) is 0.929. The Morgan fingerprint density at radius 1 is 1.43 bits per heavy atom. The van der Waals surface area contributed by atoms with Gasteiger partial charge in [0.25, 0.3) is 16.7 Å². The van der Waals surface area contributed by atoms with Gasteiger partial charge in [0.1, 0.15) is 6.61 Å². The van der Waals surface area contributed by atoms with Crippen molar-refractivity contribution in [3.05, 3.63) is 46.6 Å². The van der Waals surface area contributed by atoms with E-state index in [1.54, 1.807) is 0 Å². The fraction of sp³-hybridized carbons (Fsp3) is 0. The molecule has 1 radical (unpaired) electrons. The zero-order valence-corrected chi connectivity index (χ0v) is 7.72. The van der Waals surface area contributed by atoms with Crippen molar-refractivity contribution in [3.63, 3.8) is 0 Å². The predicted octanol–water partition coefficient (Wildman–Crippen LogP) is 0.648. The average Bonchev–Trinajstić information content (AvgIpc) is 2.15. The maximum absolute atomic E-state index is 10.3. The van der Waals surface area contributed by atoms with Crippen molar-refractivity contribution in [1.82, 2.24) is 0 Å². The van der Waals surface area contributed by atoms with E-state index in [1.807, 2.05) is 0 Å². The fourth-order valence-electron chi connectivity index (χ4n) is 0.816. The molecule has 0 fully saturated rings. The Labute approximate surface area is 81.4 Å². The Morgan fingerprint density at radius 3 is 2.71 bits per heavy atom. The van der Waals surface area contributed by atoms with Crippen LogP contribution in [0.4, 0.5) is 5.69 Å². The second-order valence-corrected chi connectivity index (χ2v) is 2.96. The highest BCUT2D eigenvalue weighted by molar-refractivity contribution is 7.67. The molecule has 0 heterocycles. The summed E-state index contributed by atoms with van der Waals surface area (Å²) in [5.74, 6) is 0. The Kier molecular flexibility index (Phi) is 3.55. The minimum absolute atomic E-state index is 0.122. The van der Waals surface area contributed by atoms with Crippen LogP contribution in [-0.2, 0) is 15.2 Å². The number of nitrogens with zero attached hydrogens (tertiary/aromatic N) is 1. The Hall–Kier alpha value is -1.47. The smallest absolute Gasteiger partial charge is 0.261 e. The highest BCUT2D eigenvalue weighted by Crippen LogP contribution is 2.14. The second-order valence-electron chi connectivity index (χ2n) is 2.30. The maximum atomic E-state index is 10.3. The van der Waals surface area contributed by atoms with Crippen LogP contribution in [0.2, 0.25) is 0 Å². The second kappa shape index (κ2) is 4.68. The number of thiol groups is 1. The van der Waals surface area contributed by atoms with Crippen molar-refractivity contribution in [3.8, 4) is 0 Å². The minimum atomic E-state index is -2.97. The molecule has 6 nitrogen and oxygen atoms in total. The van der Waals surface area contributed by atoms with Gasteiger partial charge in [-0.15, -0.1) is 0 Å². The lowest BCUT2D eigenvalue weighted by Gasteiger charge is -1.96. The van der Waals surface area contributed by atoms with E-state index in [1.165, 1.54) is 24.3 Å². The molecule has 75 valence electrons. The third kappa shape index (κ3) is 3.11. The molecule has 0 amide bonds. The lowest BCUT2D eigenvalue weighted by molar-refractivity contribution is -0.384. The third-order valence-electron chi connectivity index (χ3n) is 1.36. The molecule has 14 heavy (non-hydrogen) atoms. The lowest BCUT2D eigenvalue weighted by atomic mass is 10.2. The van der Waals surface area contributed by atoms with E-state index in [-0.39, 0.29) is 5.69 Å². The van der Waals surface area contributed by atoms with Crippen molar-refractivity contribution in [2.24, 2.45) is 0 Å². The number of nitro benzene ring substituents is 1. The standard InChI is InChI=1S/C7H6NO5S/c9-8(10)7-3-1-2-6(4-7)5-13-14(11)12/h1-5,14H. The van der Waals surface area contributed by atoms with E-state index in [4.69, 9.17) is 0 Å². The van der Waals surface area contributed by atoms with Gasteiger partial charge in [0, 0.05) is 12.1 Å². The summed E-state index contributed by atoms with van der Waals surface area (Å²) in [7, 11) is -2.97. The first-order chi connectivity index (χ1) is 6.59. The summed E-state index contributed by atoms with van der Waals surface area (Å²) in [6, 6.07) is 5.43. The number of hydrogen-bond donors (Lipinski definition) is 1. The van der Waals surface area contributed by atoms with E-state index in [2.05, 4.69) is 4.18 Å². The van der Waals surface area contributed by atoms with Gasteiger partial charge in [0.05, 0.1) is 4.92 Å². The van der Waals surface area contributed by atoms with Crippen LogP contribution in [0.5, 0.6) is 0 Å². The van der Waals surface area contributed by atoms with E-state index in [0.29, 0.717) is 5.56 Å². The summed E-state index contributed by atoms with van der Waals surface area (Å²) in [6.07, 6.45) is 0. The molecular weight excluding hydrogens is 210 g/mol. The molecule has 0 spiro atoms. The number of nitro groups is 1. The van der Waals surface area contributed by atoms with Crippen molar-refractivity contribution < 1.29 is 17.5 Å². The fourth-order valence-corrected chi connectivity index (χ4v) is 1.02. The lowest BCUT2D eigenvalue weighted by Crippen LogP contribution is -1.91. The van der Waals surface area contributed by atoms with Crippen LogP contribution in [-0.4, -0.2) is 13.3 Å². The minimum Gasteiger partial charge on any atom is -0.261 e. The van der Waals surface area contributed by atoms with Crippen molar-refractivity contribution in [2.45, 2.75) is 0 Å². The van der Waals surface area contributed by atoms with E-state index >= 15 is 0 Å². The molecule has 0 saturated heterocycles. The maximum Gasteiger partial charge on any atom is 0.269 e. The van der Waals surface area contributed by atoms with Gasteiger partial charge in [-0.3, -0.25) is 14.3 Å². The normalized spacial score (nSPS) is 10.4. The molecule has 0 aliphatic carbocycles. The van der Waals surface area contributed by atoms with Crippen LogP contribution < -0.4 is 0 Å². The van der Waals surface area contributed by atoms with Crippen LogP contribution in [0.25, 0.3) is 0 Å². The van der Waals surface area contributed by atoms with Gasteiger partial charge in [0.2, 0.25) is 0 Å². The summed E-state index contributed by atoms with van der Waals surface area (Å²) in [5.41, 5.74) is 0.196. The average molecular weight is 216 g/mol. The predicted molar refractivity (Wildman–Crippen MR) is 47.9 cm³/mol. The number of rotatable bonds is 4. The molecule has 1 aromatic rings. The molecule has 0 aromatic heterocycles. The summed E-state index contributed by atoms with van der Waals surface area (Å²) in [5, 5.41) is 10.3. The molecule has 0 bridgehead atoms. The third-order valence-corrected chi connectivity index (χ3v) is 1.63. The van der Waals surface area contributed by atoms with Crippen LogP contribution in [0.15, 0.2) is 24.3 Å². The van der Waals surface area contributed by atoms with Gasteiger partial charge < -0.3 is 0 Å². The summed E-state index contributed by atoms with van der Waals surface area (Å²) in [4.78, 5) is 9.75. The van der Waals surface area contributed by atoms with Crippen LogP contribution in [0, 0.1) is 16.7 Å². The molecule has 0 aliphatic heterocycles. The van der Waals surface area contributed by atoms with Gasteiger partial charge >= 0.3 is 0 Å². The SMILES string of the molecule is O=[N+]([O-])c1cccc([CH]O[SH](=O)=O)c1. The van der Waals surface area contributed by atoms with Crippen LogP contribution >= 0.6 is 0 Å². The van der Waals surface area contributed by atoms with Gasteiger partial charge in [-0.25, -0.2) is 8.42 Å². The first-order valence-electron chi connectivity index (χ1n) is 3.48. The van der Waals surface area contributed by atoms with E-state index in [0.717, 1.165) is 6.61 Å². The Morgan fingerprint density at radius 2 is 2.14 bits per heavy atom. The molecule has 0 unspecified atom stereocenters. The first kappa shape index (κ1) is 10.6. The summed E-state index contributed by atoms with van der Waals surface area (Å²) >= 11 is 0. The van der Waals surface area contributed by atoms with Crippen LogP contribution in [0.3, 0.4) is 0 Å². The van der Waals surface area contributed by atoms with E-state index < -0.39 is 15.9 Å². The molecule has 0 aliphatic rings. The monoisotopic (exact) mass is 216 g/mol. The Balaban J connectivity index is 2.78. The molecule has 1 aromatic carbocycles. The van der Waals surface area contributed by atoms with E-state index in [9.17, 15) is 18.5 Å². The topological polar surface area (TPSA) is 86.5 Å². The Bertz CT molecular complexity index is 406. The van der Waals surface area contributed by atoms with Gasteiger partial charge in [-0.05, 0) is 5.56 Å². The van der Waals surface area contributed by atoms with Crippen LogP contribution in [0.1, 0.15) is 5.56 Å². The molecule has 1 rings (SSSR count). The van der Waals surface area contributed by atoms with Gasteiger partial charge in [-0.2, -0.15) is 0 Å². The molecule has 0 N–H and O–H groups in total. The highest BCUT2D eigenvalue weighted by atomic mass is 32.2. The number of non-ortho nitro benzene ring substituents is 1. The molecule has 0 atom stereocenters. The van der Waals surface area contributed by atoms with Crippen molar-refractivity contribution in [2.75, 3.05) is 0 Å². The van der Waals surface area contributed by atoms with Gasteiger partial charge in [-0.1, -0.05) is 12.1 Å². The zero-order chi connectivity index (χ0) is 10.6. The molecular formula is C7H6NO5S.